The molecule has 0 unspecified atom stereocenters. The van der Waals surface area contributed by atoms with E-state index in [1.165, 1.54) is 24.5 Å². The fourth-order valence-corrected chi connectivity index (χ4v) is 3.83. The Morgan fingerprint density at radius 1 is 1.23 bits per heavy atom. The summed E-state index contributed by atoms with van der Waals surface area (Å²) in [5.41, 5.74) is 2.36. The summed E-state index contributed by atoms with van der Waals surface area (Å²) in [6.07, 6.45) is 1.34. The summed E-state index contributed by atoms with van der Waals surface area (Å²) in [6.45, 7) is 9.00. The van der Waals surface area contributed by atoms with Gasteiger partial charge in [0, 0.05) is 22.9 Å². The van der Waals surface area contributed by atoms with E-state index in [9.17, 15) is 32.0 Å². The van der Waals surface area contributed by atoms with Crippen LogP contribution in [0.4, 0.5) is 22.0 Å². The largest absolute Gasteiger partial charge is 0.495 e. The molecule has 0 radical (unpaired) electrons. The van der Waals surface area contributed by atoms with Crippen LogP contribution in [0.3, 0.4) is 0 Å². The van der Waals surface area contributed by atoms with Gasteiger partial charge in [-0.25, -0.2) is 8.78 Å². The molecule has 2 N–H and O–H groups in total. The number of nitrogens with zero attached hydrogens (tertiary/aromatic N) is 2. The number of benzene rings is 1. The number of rotatable bonds is 10. The number of pyridine rings is 1. The van der Waals surface area contributed by atoms with Gasteiger partial charge in [-0.15, -0.1) is 0 Å². The number of ether oxygens (including phenoxy) is 1. The van der Waals surface area contributed by atoms with E-state index >= 15 is 0 Å². The highest BCUT2D eigenvalue weighted by Crippen LogP contribution is 2.35. The number of nitrogens with two attached hydrogens (primary N) is 1. The summed E-state index contributed by atoms with van der Waals surface area (Å²) in [4.78, 5) is 13.1. The molecule has 0 spiro atoms. The summed E-state index contributed by atoms with van der Waals surface area (Å²) < 4.78 is 80.9. The van der Waals surface area contributed by atoms with Crippen LogP contribution in [-0.2, 0) is 17.5 Å². The minimum atomic E-state index is -5.05. The van der Waals surface area contributed by atoms with Gasteiger partial charge in [0.25, 0.3) is 5.56 Å². The van der Waals surface area contributed by atoms with E-state index in [1.54, 1.807) is 19.1 Å². The lowest BCUT2D eigenvalue weighted by Crippen LogP contribution is -2.29. The zero-order valence-corrected chi connectivity index (χ0v) is 21.3. The molecule has 0 fully saturated rings. The fourth-order valence-electron chi connectivity index (χ4n) is 3.83. The summed E-state index contributed by atoms with van der Waals surface area (Å²) in [5.74, 6) is -1.67. The molecule has 6 nitrogen and oxygen atoms in total. The maximum absolute atomic E-state index is 14.4. The standard InChI is InChI=1S/C29H24F5N3O3/c1-4-39-18(3)6-5-7-19(10-17(2)36)21-11-27(40-16-21)26-13-24(29(32,33)34)23(14-35)28(38)37(26)15-20-8-9-22(30)12-25(20)31/h5-6,8-13,16H,2-4,7,15,36H2,1H3/b6-5-,19-10+. The highest BCUT2D eigenvalue weighted by atomic mass is 19.4. The number of furan rings is 1. The van der Waals surface area contributed by atoms with Crippen molar-refractivity contribution >= 4 is 5.57 Å². The quantitative estimate of drug-likeness (QED) is 0.171. The molecular weight excluding hydrogens is 533 g/mol. The van der Waals surface area contributed by atoms with Gasteiger partial charge < -0.3 is 14.9 Å². The van der Waals surface area contributed by atoms with E-state index in [4.69, 9.17) is 14.9 Å². The number of nitriles is 1. The first kappa shape index (κ1) is 29.7. The Morgan fingerprint density at radius 3 is 2.55 bits per heavy atom. The topological polar surface area (TPSA) is 94.2 Å². The molecule has 0 saturated carbocycles. The van der Waals surface area contributed by atoms with Gasteiger partial charge >= 0.3 is 6.18 Å². The molecule has 0 aliphatic rings. The van der Waals surface area contributed by atoms with Crippen molar-refractivity contribution in [1.29, 1.82) is 5.26 Å². The van der Waals surface area contributed by atoms with Crippen molar-refractivity contribution in [2.75, 3.05) is 6.61 Å². The smallest absolute Gasteiger partial charge is 0.417 e. The first-order valence-electron chi connectivity index (χ1n) is 11.8. The van der Waals surface area contributed by atoms with Crippen LogP contribution < -0.4 is 11.3 Å². The second-order valence-corrected chi connectivity index (χ2v) is 8.50. The molecular formula is C29H24F5N3O3. The molecule has 0 aliphatic carbocycles. The molecule has 11 heteroatoms. The number of aromatic nitrogens is 1. The van der Waals surface area contributed by atoms with Crippen LogP contribution in [0, 0.1) is 23.0 Å². The number of alkyl halides is 3. The van der Waals surface area contributed by atoms with Gasteiger partial charge in [0.1, 0.15) is 29.0 Å². The van der Waals surface area contributed by atoms with Crippen molar-refractivity contribution in [3.05, 3.63) is 124 Å². The molecule has 0 atom stereocenters. The summed E-state index contributed by atoms with van der Waals surface area (Å²) >= 11 is 0. The summed E-state index contributed by atoms with van der Waals surface area (Å²) in [7, 11) is 0. The minimum absolute atomic E-state index is 0.180. The molecule has 208 valence electrons. The molecule has 2 heterocycles. The molecule has 0 saturated heterocycles. The zero-order chi connectivity index (χ0) is 29.6. The second-order valence-electron chi connectivity index (χ2n) is 8.50. The van der Waals surface area contributed by atoms with E-state index in [2.05, 4.69) is 13.2 Å². The van der Waals surface area contributed by atoms with E-state index in [0.29, 0.717) is 35.6 Å². The third-order valence-corrected chi connectivity index (χ3v) is 5.61. The third-order valence-electron chi connectivity index (χ3n) is 5.61. The molecule has 2 aromatic heterocycles. The van der Waals surface area contributed by atoms with Crippen molar-refractivity contribution in [3.8, 4) is 17.5 Å². The lowest BCUT2D eigenvalue weighted by atomic mass is 10.0. The van der Waals surface area contributed by atoms with Gasteiger partial charge in [-0.05, 0) is 49.3 Å². The van der Waals surface area contributed by atoms with Crippen molar-refractivity contribution in [1.82, 2.24) is 4.57 Å². The van der Waals surface area contributed by atoms with Gasteiger partial charge in [-0.2, -0.15) is 18.4 Å². The van der Waals surface area contributed by atoms with Crippen LogP contribution in [0.2, 0.25) is 0 Å². The van der Waals surface area contributed by atoms with E-state index in [-0.39, 0.29) is 29.1 Å². The predicted molar refractivity (Wildman–Crippen MR) is 139 cm³/mol. The van der Waals surface area contributed by atoms with Gasteiger partial charge in [0.05, 0.1) is 30.7 Å². The molecule has 1 aromatic carbocycles. The number of halogens is 5. The predicted octanol–water partition coefficient (Wildman–Crippen LogP) is 6.68. The van der Waals surface area contributed by atoms with Crippen molar-refractivity contribution in [2.45, 2.75) is 26.1 Å². The number of hydrogen-bond acceptors (Lipinski definition) is 5. The SMILES string of the molecule is C=C(N)/C=C(\C/C=C\C(=C)OCC)c1coc(-c2cc(C(F)(F)F)c(C#N)c(=O)n2Cc2ccc(F)cc2F)c1. The van der Waals surface area contributed by atoms with Gasteiger partial charge in [-0.3, -0.25) is 9.36 Å². The number of allylic oxidation sites excluding steroid dienone is 4. The van der Waals surface area contributed by atoms with Crippen molar-refractivity contribution in [2.24, 2.45) is 5.73 Å². The van der Waals surface area contributed by atoms with Crippen LogP contribution in [0.5, 0.6) is 0 Å². The minimum Gasteiger partial charge on any atom is -0.495 e. The van der Waals surface area contributed by atoms with Crippen LogP contribution in [-0.4, -0.2) is 11.2 Å². The molecule has 3 aromatic rings. The van der Waals surface area contributed by atoms with Crippen molar-refractivity contribution < 1.29 is 31.1 Å². The maximum atomic E-state index is 14.4. The molecule has 0 amide bonds. The average Bonchev–Trinajstić information content (AvgIpc) is 3.35. The van der Waals surface area contributed by atoms with Crippen LogP contribution >= 0.6 is 0 Å². The normalized spacial score (nSPS) is 12.0. The van der Waals surface area contributed by atoms with Crippen LogP contribution in [0.15, 0.2) is 88.6 Å². The third kappa shape index (κ3) is 6.96. The number of hydrogen-bond donors (Lipinski definition) is 1. The van der Waals surface area contributed by atoms with Gasteiger partial charge in [-0.1, -0.05) is 25.3 Å². The van der Waals surface area contributed by atoms with E-state index in [0.717, 1.165) is 16.7 Å². The lowest BCUT2D eigenvalue weighted by molar-refractivity contribution is -0.137. The Morgan fingerprint density at radius 2 is 1.95 bits per heavy atom. The van der Waals surface area contributed by atoms with Gasteiger partial charge in [0.15, 0.2) is 5.76 Å². The van der Waals surface area contributed by atoms with Crippen LogP contribution in [0.1, 0.15) is 35.6 Å². The molecule has 0 aliphatic heterocycles. The first-order chi connectivity index (χ1) is 18.8. The Balaban J connectivity index is 2.18. The Kier molecular flexibility index (Phi) is 9.16. The lowest BCUT2D eigenvalue weighted by Gasteiger charge is -2.16. The fraction of sp³-hybridized carbons (Fsp3) is 0.172. The molecule has 0 bridgehead atoms. The molecule has 40 heavy (non-hydrogen) atoms. The Bertz CT molecular complexity index is 1600. The van der Waals surface area contributed by atoms with Gasteiger partial charge in [0.2, 0.25) is 0 Å². The Hall–Kier alpha value is -4.85. The van der Waals surface area contributed by atoms with Crippen LogP contribution in [0.25, 0.3) is 17.0 Å². The highest BCUT2D eigenvalue weighted by Gasteiger charge is 2.37. The summed E-state index contributed by atoms with van der Waals surface area (Å²) in [6, 6.07) is 5.81. The average molecular weight is 558 g/mol. The monoisotopic (exact) mass is 557 g/mol. The summed E-state index contributed by atoms with van der Waals surface area (Å²) in [5, 5.41) is 9.36. The van der Waals surface area contributed by atoms with E-state index < -0.39 is 41.0 Å². The first-order valence-corrected chi connectivity index (χ1v) is 11.8. The molecule has 3 rings (SSSR count). The Labute approximate surface area is 226 Å². The van der Waals surface area contributed by atoms with Crippen molar-refractivity contribution in [3.63, 3.8) is 0 Å². The highest BCUT2D eigenvalue weighted by molar-refractivity contribution is 5.72. The zero-order valence-electron chi connectivity index (χ0n) is 21.3. The van der Waals surface area contributed by atoms with E-state index in [1.807, 2.05) is 0 Å². The maximum Gasteiger partial charge on any atom is 0.417 e. The second kappa shape index (κ2) is 12.3.